The standard InChI is InChI=1S/C14H18N4/c1-9(2)13-16-12(17-14(15)18-13)8-11-6-4-10(3)5-7-11/h4-7,9H,8H2,1-3H3,(H2,15,16,17,18). The molecule has 0 aliphatic rings. The second-order valence-corrected chi connectivity index (χ2v) is 4.79. The van der Waals surface area contributed by atoms with E-state index in [1.54, 1.807) is 0 Å². The molecule has 0 unspecified atom stereocenters. The quantitative estimate of drug-likeness (QED) is 0.898. The normalized spacial score (nSPS) is 10.9. The van der Waals surface area contributed by atoms with Gasteiger partial charge in [-0.2, -0.15) is 9.97 Å². The van der Waals surface area contributed by atoms with E-state index in [9.17, 15) is 0 Å². The first-order chi connectivity index (χ1) is 8.54. The van der Waals surface area contributed by atoms with E-state index in [2.05, 4.69) is 46.1 Å². The van der Waals surface area contributed by atoms with Crippen LogP contribution in [0.25, 0.3) is 0 Å². The Morgan fingerprint density at radius 1 is 1.06 bits per heavy atom. The van der Waals surface area contributed by atoms with Gasteiger partial charge in [0, 0.05) is 12.3 Å². The predicted molar refractivity (Wildman–Crippen MR) is 72.3 cm³/mol. The molecule has 94 valence electrons. The highest BCUT2D eigenvalue weighted by molar-refractivity contribution is 5.25. The van der Waals surface area contributed by atoms with Gasteiger partial charge in [0.25, 0.3) is 0 Å². The third-order valence-corrected chi connectivity index (χ3v) is 2.72. The van der Waals surface area contributed by atoms with Crippen molar-refractivity contribution in [3.05, 3.63) is 47.0 Å². The summed E-state index contributed by atoms with van der Waals surface area (Å²) in [6.07, 6.45) is 0.687. The Kier molecular flexibility index (Phi) is 3.55. The van der Waals surface area contributed by atoms with Crippen LogP contribution in [0.1, 0.15) is 42.5 Å². The van der Waals surface area contributed by atoms with E-state index in [0.29, 0.717) is 12.4 Å². The van der Waals surface area contributed by atoms with Crippen molar-refractivity contribution >= 4 is 5.95 Å². The second-order valence-electron chi connectivity index (χ2n) is 4.79. The van der Waals surface area contributed by atoms with Crippen molar-refractivity contribution in [3.63, 3.8) is 0 Å². The molecule has 0 spiro atoms. The minimum Gasteiger partial charge on any atom is -0.368 e. The molecule has 0 amide bonds. The number of anilines is 1. The molecule has 0 fully saturated rings. The smallest absolute Gasteiger partial charge is 0.223 e. The van der Waals surface area contributed by atoms with Gasteiger partial charge in [0.15, 0.2) is 0 Å². The molecule has 0 aliphatic heterocycles. The van der Waals surface area contributed by atoms with Crippen LogP contribution in [0.2, 0.25) is 0 Å². The maximum absolute atomic E-state index is 5.71. The molecule has 0 aliphatic carbocycles. The average Bonchev–Trinajstić information content (AvgIpc) is 2.31. The van der Waals surface area contributed by atoms with Crippen molar-refractivity contribution in [1.29, 1.82) is 0 Å². The Morgan fingerprint density at radius 3 is 2.33 bits per heavy atom. The second kappa shape index (κ2) is 5.12. The first kappa shape index (κ1) is 12.5. The van der Waals surface area contributed by atoms with Crippen molar-refractivity contribution in [2.24, 2.45) is 0 Å². The van der Waals surface area contributed by atoms with E-state index in [4.69, 9.17) is 5.73 Å². The van der Waals surface area contributed by atoms with Gasteiger partial charge >= 0.3 is 0 Å². The monoisotopic (exact) mass is 242 g/mol. The van der Waals surface area contributed by atoms with Gasteiger partial charge in [-0.1, -0.05) is 43.7 Å². The van der Waals surface area contributed by atoms with Gasteiger partial charge in [0.2, 0.25) is 5.95 Å². The third kappa shape index (κ3) is 3.03. The fraction of sp³-hybridized carbons (Fsp3) is 0.357. The molecule has 2 aromatic rings. The molecule has 18 heavy (non-hydrogen) atoms. The molecule has 1 aromatic carbocycles. The van der Waals surface area contributed by atoms with Crippen LogP contribution >= 0.6 is 0 Å². The summed E-state index contributed by atoms with van der Waals surface area (Å²) in [5.74, 6) is 2.04. The minimum atomic E-state index is 0.257. The Bertz CT molecular complexity index is 532. The number of nitrogen functional groups attached to an aromatic ring is 1. The summed E-state index contributed by atoms with van der Waals surface area (Å²) >= 11 is 0. The van der Waals surface area contributed by atoms with Gasteiger partial charge in [-0.05, 0) is 12.5 Å². The molecule has 4 heteroatoms. The lowest BCUT2D eigenvalue weighted by atomic mass is 10.1. The van der Waals surface area contributed by atoms with Crippen LogP contribution in [0.15, 0.2) is 24.3 Å². The molecular formula is C14H18N4. The molecule has 0 atom stereocenters. The van der Waals surface area contributed by atoms with Crippen molar-refractivity contribution in [3.8, 4) is 0 Å². The largest absolute Gasteiger partial charge is 0.368 e. The summed E-state index contributed by atoms with van der Waals surface area (Å²) in [6.45, 7) is 6.16. The van der Waals surface area contributed by atoms with Crippen molar-refractivity contribution in [1.82, 2.24) is 15.0 Å². The summed E-state index contributed by atoms with van der Waals surface area (Å²) in [7, 11) is 0. The van der Waals surface area contributed by atoms with E-state index in [0.717, 1.165) is 11.6 Å². The number of hydrogen-bond donors (Lipinski definition) is 1. The Morgan fingerprint density at radius 2 is 1.72 bits per heavy atom. The number of nitrogens with two attached hydrogens (primary N) is 1. The predicted octanol–water partition coefficient (Wildman–Crippen LogP) is 2.48. The Labute approximate surface area is 107 Å². The fourth-order valence-corrected chi connectivity index (χ4v) is 1.68. The summed E-state index contributed by atoms with van der Waals surface area (Å²) in [6, 6.07) is 8.35. The number of aromatic nitrogens is 3. The summed E-state index contributed by atoms with van der Waals surface area (Å²) in [5, 5.41) is 0. The third-order valence-electron chi connectivity index (χ3n) is 2.72. The average molecular weight is 242 g/mol. The number of hydrogen-bond acceptors (Lipinski definition) is 4. The first-order valence-electron chi connectivity index (χ1n) is 6.10. The Hall–Kier alpha value is -1.97. The van der Waals surface area contributed by atoms with Gasteiger partial charge in [-0.15, -0.1) is 0 Å². The van der Waals surface area contributed by atoms with Gasteiger partial charge in [-0.25, -0.2) is 4.98 Å². The number of rotatable bonds is 3. The lowest BCUT2D eigenvalue weighted by molar-refractivity contribution is 0.743. The summed E-state index contributed by atoms with van der Waals surface area (Å²) in [5.41, 5.74) is 8.14. The molecule has 1 aromatic heterocycles. The molecule has 0 bridgehead atoms. The van der Waals surface area contributed by atoms with Crippen molar-refractivity contribution in [2.45, 2.75) is 33.1 Å². The van der Waals surface area contributed by atoms with Gasteiger partial charge in [0.1, 0.15) is 11.6 Å². The van der Waals surface area contributed by atoms with E-state index in [1.807, 2.05) is 13.8 Å². The molecule has 0 saturated carbocycles. The van der Waals surface area contributed by atoms with Crippen molar-refractivity contribution in [2.75, 3.05) is 5.73 Å². The van der Waals surface area contributed by atoms with Crippen LogP contribution in [0.3, 0.4) is 0 Å². The van der Waals surface area contributed by atoms with Crippen molar-refractivity contribution < 1.29 is 0 Å². The lowest BCUT2D eigenvalue weighted by Crippen LogP contribution is -2.08. The molecule has 4 nitrogen and oxygen atoms in total. The van der Waals surface area contributed by atoms with E-state index >= 15 is 0 Å². The van der Waals surface area contributed by atoms with Crippen LogP contribution in [0.4, 0.5) is 5.95 Å². The molecule has 2 rings (SSSR count). The van der Waals surface area contributed by atoms with Crippen LogP contribution in [0, 0.1) is 6.92 Å². The highest BCUT2D eigenvalue weighted by Gasteiger charge is 2.08. The zero-order valence-corrected chi connectivity index (χ0v) is 11.0. The SMILES string of the molecule is Cc1ccc(Cc2nc(N)nc(C(C)C)n2)cc1. The topological polar surface area (TPSA) is 64.7 Å². The van der Waals surface area contributed by atoms with Gasteiger partial charge in [0.05, 0.1) is 0 Å². The molecule has 0 saturated heterocycles. The Balaban J connectivity index is 2.26. The lowest BCUT2D eigenvalue weighted by Gasteiger charge is -2.07. The number of nitrogens with zero attached hydrogens (tertiary/aromatic N) is 3. The minimum absolute atomic E-state index is 0.257. The van der Waals surface area contributed by atoms with Gasteiger partial charge < -0.3 is 5.73 Å². The number of aryl methyl sites for hydroxylation is 1. The van der Waals surface area contributed by atoms with Gasteiger partial charge in [-0.3, -0.25) is 0 Å². The summed E-state index contributed by atoms with van der Waals surface area (Å²) in [4.78, 5) is 12.8. The van der Waals surface area contributed by atoms with E-state index < -0.39 is 0 Å². The summed E-state index contributed by atoms with van der Waals surface area (Å²) < 4.78 is 0. The van der Waals surface area contributed by atoms with Crippen LogP contribution in [-0.2, 0) is 6.42 Å². The van der Waals surface area contributed by atoms with E-state index in [-0.39, 0.29) is 5.92 Å². The molecule has 1 heterocycles. The fourth-order valence-electron chi connectivity index (χ4n) is 1.68. The maximum Gasteiger partial charge on any atom is 0.223 e. The maximum atomic E-state index is 5.71. The van der Waals surface area contributed by atoms with Crippen LogP contribution in [0.5, 0.6) is 0 Å². The molecule has 2 N–H and O–H groups in total. The zero-order chi connectivity index (χ0) is 13.1. The van der Waals surface area contributed by atoms with Crippen LogP contribution < -0.4 is 5.73 Å². The first-order valence-corrected chi connectivity index (χ1v) is 6.10. The van der Waals surface area contributed by atoms with E-state index in [1.165, 1.54) is 11.1 Å². The molecule has 0 radical (unpaired) electrons. The highest BCUT2D eigenvalue weighted by Crippen LogP contribution is 2.12. The van der Waals surface area contributed by atoms with Crippen LogP contribution in [-0.4, -0.2) is 15.0 Å². The zero-order valence-electron chi connectivity index (χ0n) is 11.0. The molecular weight excluding hydrogens is 224 g/mol. The number of benzene rings is 1. The highest BCUT2D eigenvalue weighted by atomic mass is 15.1.